The zero-order chi connectivity index (χ0) is 19.8. The quantitative estimate of drug-likeness (QED) is 0.567. The number of hydrogen-bond acceptors (Lipinski definition) is 4. The summed E-state index contributed by atoms with van der Waals surface area (Å²) in [6.45, 7) is 4.75. The summed E-state index contributed by atoms with van der Waals surface area (Å²) in [7, 11) is 3.49. The van der Waals surface area contributed by atoms with Gasteiger partial charge in [0.2, 0.25) is 0 Å². The van der Waals surface area contributed by atoms with Crippen molar-refractivity contribution in [1.82, 2.24) is 25.4 Å². The molecule has 2 heterocycles. The first-order valence-electron chi connectivity index (χ1n) is 10.2. The largest absolute Gasteiger partial charge is 0.497 e. The molecular weight excluding hydrogens is 352 g/mol. The summed E-state index contributed by atoms with van der Waals surface area (Å²) in [5, 5.41) is 15.5. The van der Waals surface area contributed by atoms with Crippen LogP contribution >= 0.6 is 0 Å². The molecule has 0 saturated heterocycles. The van der Waals surface area contributed by atoms with E-state index < -0.39 is 0 Å². The van der Waals surface area contributed by atoms with Gasteiger partial charge in [-0.15, -0.1) is 10.2 Å². The molecule has 1 unspecified atom stereocenters. The monoisotopic (exact) mass is 384 g/mol. The molecule has 0 bridgehead atoms. The number of aryl methyl sites for hydroxylation is 1. The smallest absolute Gasteiger partial charge is 0.191 e. The molecule has 7 nitrogen and oxygen atoms in total. The molecule has 3 rings (SSSR count). The highest BCUT2D eigenvalue weighted by molar-refractivity contribution is 5.79. The minimum absolute atomic E-state index is 0.462. The van der Waals surface area contributed by atoms with Crippen molar-refractivity contribution in [3.8, 4) is 5.75 Å². The molecule has 1 aliphatic heterocycles. The van der Waals surface area contributed by atoms with Crippen LogP contribution in [0.4, 0.5) is 0 Å². The van der Waals surface area contributed by atoms with Crippen molar-refractivity contribution >= 4 is 5.96 Å². The number of rotatable bonds is 7. The maximum atomic E-state index is 5.23. The number of aromatic nitrogens is 3. The molecule has 0 saturated carbocycles. The van der Waals surface area contributed by atoms with Crippen molar-refractivity contribution < 1.29 is 4.74 Å². The number of fused-ring (bicyclic) bond motifs is 1. The summed E-state index contributed by atoms with van der Waals surface area (Å²) in [5.41, 5.74) is 1.32. The first-order chi connectivity index (χ1) is 13.7. The summed E-state index contributed by atoms with van der Waals surface area (Å²) < 4.78 is 7.49. The fourth-order valence-electron chi connectivity index (χ4n) is 3.57. The Morgan fingerprint density at radius 2 is 2.00 bits per heavy atom. The first-order valence-corrected chi connectivity index (χ1v) is 10.2. The minimum atomic E-state index is 0.462. The van der Waals surface area contributed by atoms with E-state index in [4.69, 9.17) is 4.74 Å². The van der Waals surface area contributed by atoms with Gasteiger partial charge in [0, 0.05) is 26.6 Å². The van der Waals surface area contributed by atoms with Gasteiger partial charge < -0.3 is 19.9 Å². The lowest BCUT2D eigenvalue weighted by Gasteiger charge is -2.15. The maximum absolute atomic E-state index is 5.23. The number of hydrogen-bond donors (Lipinski definition) is 2. The Bertz CT molecular complexity index is 768. The van der Waals surface area contributed by atoms with Gasteiger partial charge in [-0.3, -0.25) is 4.99 Å². The lowest BCUT2D eigenvalue weighted by molar-refractivity contribution is 0.414. The third-order valence-corrected chi connectivity index (χ3v) is 5.38. The van der Waals surface area contributed by atoms with E-state index in [2.05, 4.69) is 49.4 Å². The lowest BCUT2D eigenvalue weighted by atomic mass is 9.98. The lowest BCUT2D eigenvalue weighted by Crippen LogP contribution is -2.38. The van der Waals surface area contributed by atoms with Crippen molar-refractivity contribution in [3.05, 3.63) is 41.5 Å². The Kier molecular flexibility index (Phi) is 7.28. The van der Waals surface area contributed by atoms with Crippen LogP contribution in [0, 0.1) is 0 Å². The Balaban J connectivity index is 1.45. The molecule has 2 N–H and O–H groups in total. The van der Waals surface area contributed by atoms with Crippen molar-refractivity contribution in [2.24, 2.45) is 4.99 Å². The predicted octanol–water partition coefficient (Wildman–Crippen LogP) is 2.87. The van der Waals surface area contributed by atoms with Crippen molar-refractivity contribution in [1.29, 1.82) is 0 Å². The van der Waals surface area contributed by atoms with Crippen LogP contribution in [0.15, 0.2) is 29.3 Å². The number of aliphatic imine (C=N–C) groups is 1. The number of benzene rings is 1. The Morgan fingerprint density at radius 1 is 1.18 bits per heavy atom. The summed E-state index contributed by atoms with van der Waals surface area (Å²) in [5.74, 6) is 4.26. The molecule has 1 aliphatic rings. The van der Waals surface area contributed by atoms with E-state index in [-0.39, 0.29) is 0 Å². The van der Waals surface area contributed by atoms with Crippen LogP contribution < -0.4 is 15.4 Å². The van der Waals surface area contributed by atoms with Crippen molar-refractivity contribution in [2.45, 2.75) is 58.0 Å². The fraction of sp³-hybridized carbons (Fsp3) is 0.571. The van der Waals surface area contributed by atoms with Gasteiger partial charge >= 0.3 is 0 Å². The Hall–Kier alpha value is -2.57. The highest BCUT2D eigenvalue weighted by atomic mass is 16.5. The second-order valence-electron chi connectivity index (χ2n) is 7.31. The topological polar surface area (TPSA) is 76.4 Å². The second kappa shape index (κ2) is 10.1. The van der Waals surface area contributed by atoms with Crippen LogP contribution in [-0.2, 0) is 19.5 Å². The van der Waals surface area contributed by atoms with E-state index >= 15 is 0 Å². The number of methoxy groups -OCH3 is 1. The highest BCUT2D eigenvalue weighted by Gasteiger charge is 2.14. The molecule has 1 atom stereocenters. The van der Waals surface area contributed by atoms with Crippen molar-refractivity contribution in [3.63, 3.8) is 0 Å². The third-order valence-electron chi connectivity index (χ3n) is 5.38. The fourth-order valence-corrected chi connectivity index (χ4v) is 3.57. The number of ether oxygens (including phenoxy) is 1. The molecule has 28 heavy (non-hydrogen) atoms. The summed E-state index contributed by atoms with van der Waals surface area (Å²) in [6, 6.07) is 8.30. The highest BCUT2D eigenvalue weighted by Crippen LogP contribution is 2.21. The molecule has 1 aromatic carbocycles. The van der Waals surface area contributed by atoms with Gasteiger partial charge in [-0.1, -0.05) is 25.5 Å². The van der Waals surface area contributed by atoms with Gasteiger partial charge in [0.25, 0.3) is 0 Å². The second-order valence-corrected chi connectivity index (χ2v) is 7.31. The minimum Gasteiger partial charge on any atom is -0.497 e. The average Bonchev–Trinajstić information content (AvgIpc) is 2.96. The number of guanidine groups is 1. The maximum Gasteiger partial charge on any atom is 0.191 e. The van der Waals surface area contributed by atoms with Crippen LogP contribution in [0.25, 0.3) is 0 Å². The SMILES string of the molecule is CN=C(NCCC(C)c1ccc(OC)cc1)NCc1nnc2n1CCCCC2. The molecular formula is C21H32N6O. The van der Waals surface area contributed by atoms with Gasteiger partial charge in [0.15, 0.2) is 11.8 Å². The average molecular weight is 385 g/mol. The Labute approximate surface area is 167 Å². The van der Waals surface area contributed by atoms with Gasteiger partial charge in [-0.25, -0.2) is 0 Å². The Morgan fingerprint density at radius 3 is 2.75 bits per heavy atom. The molecule has 0 aliphatic carbocycles. The molecule has 0 spiro atoms. The molecule has 2 aromatic rings. The van der Waals surface area contributed by atoms with Gasteiger partial charge in [-0.05, 0) is 42.9 Å². The summed E-state index contributed by atoms with van der Waals surface area (Å²) in [6.07, 6.45) is 5.73. The van der Waals surface area contributed by atoms with Crippen LogP contribution in [0.2, 0.25) is 0 Å². The van der Waals surface area contributed by atoms with Crippen LogP contribution in [0.5, 0.6) is 5.75 Å². The molecule has 152 valence electrons. The van der Waals surface area contributed by atoms with Gasteiger partial charge in [0.05, 0.1) is 13.7 Å². The van der Waals surface area contributed by atoms with E-state index in [9.17, 15) is 0 Å². The summed E-state index contributed by atoms with van der Waals surface area (Å²) >= 11 is 0. The van der Waals surface area contributed by atoms with Gasteiger partial charge in [-0.2, -0.15) is 0 Å². The van der Waals surface area contributed by atoms with E-state index in [0.29, 0.717) is 12.5 Å². The van der Waals surface area contributed by atoms with E-state index in [1.54, 1.807) is 14.2 Å². The number of nitrogens with one attached hydrogen (secondary N) is 2. The first kappa shape index (κ1) is 20.2. The zero-order valence-corrected chi connectivity index (χ0v) is 17.2. The normalized spacial score (nSPS) is 15.5. The summed E-state index contributed by atoms with van der Waals surface area (Å²) in [4.78, 5) is 4.33. The van der Waals surface area contributed by atoms with E-state index in [0.717, 1.165) is 49.3 Å². The van der Waals surface area contributed by atoms with E-state index in [1.165, 1.54) is 24.8 Å². The van der Waals surface area contributed by atoms with Crippen molar-refractivity contribution in [2.75, 3.05) is 20.7 Å². The number of nitrogens with zero attached hydrogens (tertiary/aromatic N) is 4. The van der Waals surface area contributed by atoms with Gasteiger partial charge in [0.1, 0.15) is 11.6 Å². The zero-order valence-electron chi connectivity index (χ0n) is 17.2. The molecule has 0 fully saturated rings. The molecule has 1 aromatic heterocycles. The molecule has 7 heteroatoms. The van der Waals surface area contributed by atoms with Crippen LogP contribution in [-0.4, -0.2) is 41.4 Å². The molecule has 0 amide bonds. The van der Waals surface area contributed by atoms with Crippen LogP contribution in [0.1, 0.15) is 55.7 Å². The van der Waals surface area contributed by atoms with Crippen LogP contribution in [0.3, 0.4) is 0 Å². The standard InChI is InChI=1S/C21H32N6O/c1-16(17-8-10-18(28-3)11-9-17)12-13-23-21(22-2)24-15-20-26-25-19-7-5-4-6-14-27(19)20/h8-11,16H,4-7,12-15H2,1-3H3,(H2,22,23,24). The third kappa shape index (κ3) is 5.24. The predicted molar refractivity (Wildman–Crippen MR) is 112 cm³/mol. The molecule has 0 radical (unpaired) electrons. The van der Waals surface area contributed by atoms with E-state index in [1.807, 2.05) is 12.1 Å².